The first-order chi connectivity index (χ1) is 16.4. The molecule has 1 aromatic carbocycles. The Labute approximate surface area is 200 Å². The zero-order chi connectivity index (χ0) is 23.6. The molecule has 0 amide bonds. The van der Waals surface area contributed by atoms with Crippen molar-refractivity contribution in [1.82, 2.24) is 34.3 Å². The Kier molecular flexibility index (Phi) is 4.82. The first-order valence-electron chi connectivity index (χ1n) is 10.4. The fourth-order valence-electron chi connectivity index (χ4n) is 3.97. The molecule has 170 valence electrons. The Morgan fingerprint density at radius 2 is 1.88 bits per heavy atom. The van der Waals surface area contributed by atoms with Crippen molar-refractivity contribution in [3.05, 3.63) is 71.2 Å². The molecule has 0 aliphatic heterocycles. The van der Waals surface area contributed by atoms with E-state index in [4.69, 9.17) is 16.6 Å². The minimum absolute atomic E-state index is 0.265. The van der Waals surface area contributed by atoms with Gasteiger partial charge in [0.25, 0.3) is 6.43 Å². The Hall–Kier alpha value is -3.50. The summed E-state index contributed by atoms with van der Waals surface area (Å²) in [4.78, 5) is 14.1. The van der Waals surface area contributed by atoms with Gasteiger partial charge < -0.3 is 0 Å². The second-order valence-electron chi connectivity index (χ2n) is 7.92. The van der Waals surface area contributed by atoms with Crippen LogP contribution in [-0.4, -0.2) is 34.3 Å². The van der Waals surface area contributed by atoms with Crippen molar-refractivity contribution in [2.75, 3.05) is 0 Å². The number of fused-ring (bicyclic) bond motifs is 5. The zero-order valence-corrected chi connectivity index (χ0v) is 19.5. The molecule has 0 unspecified atom stereocenters. The van der Waals surface area contributed by atoms with E-state index in [0.717, 1.165) is 21.3 Å². The van der Waals surface area contributed by atoms with Gasteiger partial charge in [0.1, 0.15) is 27.6 Å². The average Bonchev–Trinajstić information content (AvgIpc) is 3.53. The maximum Gasteiger partial charge on any atom is 0.280 e. The number of halogens is 3. The van der Waals surface area contributed by atoms with Gasteiger partial charge in [-0.3, -0.25) is 4.68 Å². The highest BCUT2D eigenvalue weighted by Gasteiger charge is 2.23. The molecule has 0 fully saturated rings. The molecule has 0 aliphatic rings. The molecule has 0 saturated carbocycles. The highest BCUT2D eigenvalue weighted by molar-refractivity contribution is 7.26. The lowest BCUT2D eigenvalue weighted by Gasteiger charge is -2.07. The topological polar surface area (TPSA) is 73.8 Å². The molecule has 0 aliphatic carbocycles. The van der Waals surface area contributed by atoms with Gasteiger partial charge >= 0.3 is 0 Å². The van der Waals surface area contributed by atoms with Gasteiger partial charge in [0.2, 0.25) is 0 Å². The molecule has 5 aromatic heterocycles. The third-order valence-electron chi connectivity index (χ3n) is 5.74. The molecule has 0 saturated heterocycles. The number of rotatable bonds is 4. The van der Waals surface area contributed by atoms with E-state index >= 15 is 0 Å². The standard InChI is InChI=1S/C23H16ClF2N7S/c1-11-15(24)9-32(30-11)12(2)21-29-22-19-18(27-10-33(22)31-21)17-14(13-6-4-3-5-7-13)8-16(20(25)26)28-23(17)34-19/h3-10,12,20H,1-2H3/t12-/m0/s1. The molecule has 11 heteroatoms. The van der Waals surface area contributed by atoms with Crippen molar-refractivity contribution in [3.8, 4) is 11.1 Å². The number of hydrogen-bond acceptors (Lipinski definition) is 6. The third kappa shape index (κ3) is 3.24. The summed E-state index contributed by atoms with van der Waals surface area (Å²) in [5.74, 6) is 0.537. The number of thiophene rings is 1. The van der Waals surface area contributed by atoms with Crippen LogP contribution in [-0.2, 0) is 0 Å². The van der Waals surface area contributed by atoms with Crippen LogP contribution in [0.1, 0.15) is 36.6 Å². The highest BCUT2D eigenvalue weighted by Crippen LogP contribution is 2.41. The average molecular weight is 496 g/mol. The van der Waals surface area contributed by atoms with Crippen LogP contribution in [0, 0.1) is 6.92 Å². The summed E-state index contributed by atoms with van der Waals surface area (Å²) < 4.78 is 31.4. The lowest BCUT2D eigenvalue weighted by atomic mass is 10.0. The normalized spacial score (nSPS) is 13.0. The largest absolute Gasteiger partial charge is 0.280 e. The Balaban J connectivity index is 1.59. The molecule has 6 aromatic rings. The van der Waals surface area contributed by atoms with Crippen molar-refractivity contribution in [1.29, 1.82) is 0 Å². The van der Waals surface area contributed by atoms with E-state index in [1.54, 1.807) is 21.7 Å². The summed E-state index contributed by atoms with van der Waals surface area (Å²) in [6.45, 7) is 3.76. The van der Waals surface area contributed by atoms with Crippen LogP contribution < -0.4 is 0 Å². The fourth-order valence-corrected chi connectivity index (χ4v) is 5.25. The first kappa shape index (κ1) is 21.1. The minimum atomic E-state index is -2.69. The van der Waals surface area contributed by atoms with Crippen LogP contribution in [0.3, 0.4) is 0 Å². The van der Waals surface area contributed by atoms with Gasteiger partial charge in [-0.1, -0.05) is 41.9 Å². The van der Waals surface area contributed by atoms with Gasteiger partial charge in [0, 0.05) is 11.6 Å². The molecule has 6 rings (SSSR count). The van der Waals surface area contributed by atoms with Crippen molar-refractivity contribution in [3.63, 3.8) is 0 Å². The quantitative estimate of drug-likeness (QED) is 0.288. The Bertz CT molecular complexity index is 1670. The maximum absolute atomic E-state index is 13.7. The number of pyridine rings is 1. The number of hydrogen-bond donors (Lipinski definition) is 0. The van der Waals surface area contributed by atoms with Gasteiger partial charge in [-0.2, -0.15) is 5.10 Å². The predicted octanol–water partition coefficient (Wildman–Crippen LogP) is 6.26. The second-order valence-corrected chi connectivity index (χ2v) is 9.33. The van der Waals surface area contributed by atoms with E-state index in [1.165, 1.54) is 17.4 Å². The molecule has 0 spiro atoms. The van der Waals surface area contributed by atoms with Crippen LogP contribution in [0.2, 0.25) is 5.02 Å². The van der Waals surface area contributed by atoms with E-state index in [1.807, 2.05) is 44.2 Å². The molecular formula is C23H16ClF2N7S. The number of aromatic nitrogens is 7. The lowest BCUT2D eigenvalue weighted by Crippen LogP contribution is -2.09. The number of alkyl halides is 2. The number of nitrogens with zero attached hydrogens (tertiary/aromatic N) is 7. The van der Waals surface area contributed by atoms with Gasteiger partial charge in [0.05, 0.1) is 16.2 Å². The number of benzene rings is 1. The second kappa shape index (κ2) is 7.78. The van der Waals surface area contributed by atoms with Crippen LogP contribution in [0.4, 0.5) is 8.78 Å². The molecule has 0 N–H and O–H groups in total. The molecule has 0 bridgehead atoms. The summed E-state index contributed by atoms with van der Waals surface area (Å²) in [6, 6.07) is 10.6. The van der Waals surface area contributed by atoms with E-state index in [0.29, 0.717) is 32.4 Å². The zero-order valence-electron chi connectivity index (χ0n) is 17.9. The van der Waals surface area contributed by atoms with Crippen molar-refractivity contribution < 1.29 is 8.78 Å². The SMILES string of the molecule is Cc1nn([C@@H](C)c2nc3c4sc5nc(C(F)F)cc(-c6ccccc6)c5c4ncn3n2)cc1Cl. The van der Waals surface area contributed by atoms with Crippen LogP contribution in [0.5, 0.6) is 0 Å². The lowest BCUT2D eigenvalue weighted by molar-refractivity contribution is 0.146. The smallest absolute Gasteiger partial charge is 0.260 e. The van der Waals surface area contributed by atoms with Crippen LogP contribution in [0.25, 0.3) is 37.2 Å². The van der Waals surface area contributed by atoms with Gasteiger partial charge in [-0.15, -0.1) is 16.4 Å². The summed E-state index contributed by atoms with van der Waals surface area (Å²) in [7, 11) is 0. The molecule has 0 radical (unpaired) electrons. The van der Waals surface area contributed by atoms with Crippen LogP contribution in [0.15, 0.2) is 48.9 Å². The molecule has 5 heterocycles. The van der Waals surface area contributed by atoms with Gasteiger partial charge in [0.15, 0.2) is 11.5 Å². The Morgan fingerprint density at radius 1 is 1.09 bits per heavy atom. The highest BCUT2D eigenvalue weighted by atomic mass is 35.5. The number of aryl methyl sites for hydroxylation is 1. The molecule has 1 atom stereocenters. The third-order valence-corrected chi connectivity index (χ3v) is 7.18. The molecule has 7 nitrogen and oxygen atoms in total. The monoisotopic (exact) mass is 495 g/mol. The minimum Gasteiger partial charge on any atom is -0.260 e. The van der Waals surface area contributed by atoms with Crippen molar-refractivity contribution >= 4 is 49.0 Å². The van der Waals surface area contributed by atoms with Gasteiger partial charge in [-0.25, -0.2) is 28.2 Å². The summed E-state index contributed by atoms with van der Waals surface area (Å²) in [5.41, 5.74) is 3.18. The van der Waals surface area contributed by atoms with E-state index in [2.05, 4.69) is 20.2 Å². The molecule has 34 heavy (non-hydrogen) atoms. The summed E-state index contributed by atoms with van der Waals surface area (Å²) in [5, 5.41) is 10.3. The van der Waals surface area contributed by atoms with E-state index < -0.39 is 6.43 Å². The Morgan fingerprint density at radius 3 is 2.59 bits per heavy atom. The fraction of sp³-hybridized carbons (Fsp3) is 0.174. The summed E-state index contributed by atoms with van der Waals surface area (Å²) in [6.07, 6.45) is 0.641. The summed E-state index contributed by atoms with van der Waals surface area (Å²) >= 11 is 7.45. The first-order valence-corrected chi connectivity index (χ1v) is 11.6. The molecular weight excluding hydrogens is 480 g/mol. The van der Waals surface area contributed by atoms with Gasteiger partial charge in [-0.05, 0) is 31.0 Å². The maximum atomic E-state index is 13.7. The van der Waals surface area contributed by atoms with Crippen molar-refractivity contribution in [2.45, 2.75) is 26.3 Å². The van der Waals surface area contributed by atoms with Crippen molar-refractivity contribution in [2.24, 2.45) is 0 Å². The van der Waals surface area contributed by atoms with E-state index in [9.17, 15) is 8.78 Å². The predicted molar refractivity (Wildman–Crippen MR) is 128 cm³/mol. The van der Waals surface area contributed by atoms with E-state index in [-0.39, 0.29) is 11.7 Å². The van der Waals surface area contributed by atoms with Crippen LogP contribution >= 0.6 is 22.9 Å².